The highest BCUT2D eigenvalue weighted by Gasteiger charge is 2.70. The van der Waals surface area contributed by atoms with Crippen LogP contribution in [-0.4, -0.2) is 65.5 Å². The van der Waals surface area contributed by atoms with Crippen LogP contribution in [0.5, 0.6) is 0 Å². The maximum Gasteiger partial charge on any atom is 0.411 e. The van der Waals surface area contributed by atoms with Crippen LogP contribution in [0.15, 0.2) is 149 Å². The standard InChI is InChI=1S/C42H40BrN3O7S/c1-40(2,3)53-39(47)45-36(27-52-42(31-15-7-4-8-16-31,32-17-9-5-10-18-32)33-19-11-6-12-20-33)38(30-23-25-34(43)26-24-30)41(45)28-44(29-41)54(50,51)37-22-14-13-21-35(37)46(48)49/h4-26,36,38H,27-29H2,1-3H3/t36-,38-/m0/s1. The molecule has 10 nitrogen and oxygen atoms in total. The Morgan fingerprint density at radius 2 is 1.28 bits per heavy atom. The first-order chi connectivity index (χ1) is 25.8. The third kappa shape index (κ3) is 6.61. The Hall–Kier alpha value is -4.88. The molecule has 2 saturated heterocycles. The highest BCUT2D eigenvalue weighted by Crippen LogP contribution is 2.56. The molecule has 0 saturated carbocycles. The van der Waals surface area contributed by atoms with E-state index in [-0.39, 0.29) is 19.7 Å². The Bertz CT molecular complexity index is 2150. The summed E-state index contributed by atoms with van der Waals surface area (Å²) in [4.78, 5) is 26.8. The van der Waals surface area contributed by atoms with E-state index in [2.05, 4.69) is 15.9 Å². The number of benzene rings is 5. The third-order valence-electron chi connectivity index (χ3n) is 10.2. The van der Waals surface area contributed by atoms with Crippen molar-refractivity contribution in [2.75, 3.05) is 19.7 Å². The topological polar surface area (TPSA) is 119 Å². The van der Waals surface area contributed by atoms with Crippen molar-refractivity contribution in [2.24, 2.45) is 0 Å². The molecule has 278 valence electrons. The quantitative estimate of drug-likeness (QED) is 0.0789. The van der Waals surface area contributed by atoms with Crippen molar-refractivity contribution in [3.8, 4) is 0 Å². The van der Waals surface area contributed by atoms with Gasteiger partial charge in [0, 0.05) is 29.5 Å². The molecule has 0 aromatic heterocycles. The number of carbonyl (C=O) groups is 1. The molecule has 0 N–H and O–H groups in total. The van der Waals surface area contributed by atoms with Crippen LogP contribution in [0.4, 0.5) is 10.5 Å². The summed E-state index contributed by atoms with van der Waals surface area (Å²) in [6, 6.07) is 42.3. The molecule has 12 heteroatoms. The monoisotopic (exact) mass is 809 g/mol. The minimum Gasteiger partial charge on any atom is -0.444 e. The van der Waals surface area contributed by atoms with Crippen molar-refractivity contribution in [3.05, 3.63) is 176 Å². The van der Waals surface area contributed by atoms with Gasteiger partial charge in [0.05, 0.1) is 23.1 Å². The van der Waals surface area contributed by atoms with Crippen LogP contribution in [0.25, 0.3) is 0 Å². The van der Waals surface area contributed by atoms with Crippen LogP contribution in [0, 0.1) is 10.1 Å². The van der Waals surface area contributed by atoms with E-state index in [0.717, 1.165) is 26.7 Å². The van der Waals surface area contributed by atoms with Gasteiger partial charge < -0.3 is 9.47 Å². The molecule has 5 aromatic carbocycles. The van der Waals surface area contributed by atoms with Gasteiger partial charge in [-0.15, -0.1) is 0 Å². The lowest BCUT2D eigenvalue weighted by Gasteiger charge is -2.69. The second-order valence-corrected chi connectivity index (χ2v) is 17.5. The highest BCUT2D eigenvalue weighted by atomic mass is 79.9. The number of nitro benzene ring substituents is 1. The van der Waals surface area contributed by atoms with Gasteiger partial charge in [-0.3, -0.25) is 15.0 Å². The van der Waals surface area contributed by atoms with Crippen LogP contribution >= 0.6 is 15.9 Å². The van der Waals surface area contributed by atoms with Gasteiger partial charge in [0.15, 0.2) is 4.90 Å². The van der Waals surface area contributed by atoms with E-state index >= 15 is 0 Å². The molecule has 2 atom stereocenters. The Labute approximate surface area is 323 Å². The van der Waals surface area contributed by atoms with Crippen molar-refractivity contribution in [2.45, 2.75) is 54.4 Å². The third-order valence-corrected chi connectivity index (χ3v) is 12.6. The Morgan fingerprint density at radius 1 is 0.796 bits per heavy atom. The average Bonchev–Trinajstić information content (AvgIpc) is 3.13. The lowest BCUT2D eigenvalue weighted by atomic mass is 9.61. The van der Waals surface area contributed by atoms with Gasteiger partial charge in [0.25, 0.3) is 5.69 Å². The summed E-state index contributed by atoms with van der Waals surface area (Å²) in [5, 5.41) is 11.9. The summed E-state index contributed by atoms with van der Waals surface area (Å²) >= 11 is 3.54. The van der Waals surface area contributed by atoms with Crippen molar-refractivity contribution in [3.63, 3.8) is 0 Å². The van der Waals surface area contributed by atoms with Crippen molar-refractivity contribution in [1.82, 2.24) is 9.21 Å². The van der Waals surface area contributed by atoms with E-state index < -0.39 is 60.3 Å². The predicted octanol–water partition coefficient (Wildman–Crippen LogP) is 8.51. The number of likely N-dealkylation sites (tertiary alicyclic amines) is 1. The second-order valence-electron chi connectivity index (χ2n) is 14.6. The molecule has 54 heavy (non-hydrogen) atoms. The molecular formula is C42H40BrN3O7S. The van der Waals surface area contributed by atoms with Crippen LogP contribution in [0.1, 0.15) is 48.9 Å². The first kappa shape index (κ1) is 37.4. The fourth-order valence-electron chi connectivity index (χ4n) is 7.93. The minimum atomic E-state index is -4.31. The number of para-hydroxylation sites is 1. The molecule has 1 amide bonds. The van der Waals surface area contributed by atoms with Crippen molar-refractivity contribution >= 4 is 37.7 Å². The smallest absolute Gasteiger partial charge is 0.411 e. The first-order valence-corrected chi connectivity index (χ1v) is 19.8. The summed E-state index contributed by atoms with van der Waals surface area (Å²) in [7, 11) is -4.31. The number of nitro groups is 1. The van der Waals surface area contributed by atoms with E-state index in [1.165, 1.54) is 28.6 Å². The molecule has 2 fully saturated rings. The number of amides is 1. The Balaban J connectivity index is 1.33. The Morgan fingerprint density at radius 3 is 1.76 bits per heavy atom. The van der Waals surface area contributed by atoms with E-state index in [1.807, 2.05) is 115 Å². The van der Waals surface area contributed by atoms with Gasteiger partial charge in [-0.05, 0) is 61.2 Å². The summed E-state index contributed by atoms with van der Waals surface area (Å²) in [6.45, 7) is 5.21. The van der Waals surface area contributed by atoms with Gasteiger partial charge in [-0.1, -0.05) is 131 Å². The molecule has 0 aliphatic carbocycles. The number of halogens is 1. The van der Waals surface area contributed by atoms with Crippen LogP contribution in [0.3, 0.4) is 0 Å². The fraction of sp³-hybridized carbons (Fsp3) is 0.262. The molecule has 0 radical (unpaired) electrons. The van der Waals surface area contributed by atoms with E-state index in [1.54, 1.807) is 25.7 Å². The molecule has 1 spiro atoms. The van der Waals surface area contributed by atoms with Gasteiger partial charge in [-0.2, -0.15) is 4.31 Å². The van der Waals surface area contributed by atoms with Crippen LogP contribution in [-0.2, 0) is 25.1 Å². The molecule has 2 aliphatic heterocycles. The highest BCUT2D eigenvalue weighted by molar-refractivity contribution is 9.10. The number of carbonyl (C=O) groups excluding carboxylic acids is 1. The van der Waals surface area contributed by atoms with Crippen molar-refractivity contribution in [1.29, 1.82) is 0 Å². The zero-order valence-electron chi connectivity index (χ0n) is 30.0. The molecule has 2 heterocycles. The molecule has 5 aromatic rings. The van der Waals surface area contributed by atoms with Gasteiger partial charge in [0.2, 0.25) is 10.0 Å². The van der Waals surface area contributed by atoms with Crippen LogP contribution in [0.2, 0.25) is 0 Å². The number of hydrogen-bond donors (Lipinski definition) is 0. The maximum absolute atomic E-state index is 14.4. The summed E-state index contributed by atoms with van der Waals surface area (Å²) in [5.74, 6) is -0.393. The first-order valence-electron chi connectivity index (χ1n) is 17.6. The van der Waals surface area contributed by atoms with E-state index in [4.69, 9.17) is 9.47 Å². The summed E-state index contributed by atoms with van der Waals surface area (Å²) in [6.07, 6.45) is -0.600. The second kappa shape index (κ2) is 14.4. The summed E-state index contributed by atoms with van der Waals surface area (Å²) < 4.78 is 43.4. The molecule has 0 unspecified atom stereocenters. The molecule has 7 rings (SSSR count). The predicted molar refractivity (Wildman–Crippen MR) is 208 cm³/mol. The van der Waals surface area contributed by atoms with Crippen molar-refractivity contribution < 1.29 is 27.6 Å². The number of ether oxygens (including phenoxy) is 2. The number of hydrogen-bond acceptors (Lipinski definition) is 7. The fourth-order valence-corrected chi connectivity index (χ4v) is 9.92. The zero-order chi connectivity index (χ0) is 38.3. The minimum absolute atomic E-state index is 0.0529. The summed E-state index contributed by atoms with van der Waals surface area (Å²) in [5.41, 5.74) is 0.0919. The largest absolute Gasteiger partial charge is 0.444 e. The number of rotatable bonds is 10. The molecular weight excluding hydrogens is 770 g/mol. The van der Waals surface area contributed by atoms with Gasteiger partial charge >= 0.3 is 6.09 Å². The van der Waals surface area contributed by atoms with Crippen LogP contribution < -0.4 is 0 Å². The SMILES string of the molecule is CC(C)(C)OC(=O)N1[C@@H](COC(c2ccccc2)(c2ccccc2)c2ccccc2)[C@H](c2ccc(Br)cc2)C12CN(S(=O)(=O)c1ccccc1[N+](=O)[O-])C2. The number of sulfonamides is 1. The lowest BCUT2D eigenvalue weighted by molar-refractivity contribution is -0.387. The Kier molecular flexibility index (Phi) is 9.99. The van der Waals surface area contributed by atoms with Gasteiger partial charge in [0.1, 0.15) is 11.2 Å². The average molecular weight is 811 g/mol. The zero-order valence-corrected chi connectivity index (χ0v) is 32.4. The normalized spacial score (nSPS) is 18.4. The maximum atomic E-state index is 14.4. The molecule has 2 aliphatic rings. The molecule has 0 bridgehead atoms. The lowest BCUT2D eigenvalue weighted by Crippen LogP contribution is -2.86. The number of nitrogens with zero attached hydrogens (tertiary/aromatic N) is 3. The van der Waals surface area contributed by atoms with E-state index in [9.17, 15) is 23.3 Å². The van der Waals surface area contributed by atoms with Gasteiger partial charge in [-0.25, -0.2) is 13.2 Å². The van der Waals surface area contributed by atoms with E-state index in [0.29, 0.717) is 0 Å².